The van der Waals surface area contributed by atoms with Crippen molar-refractivity contribution >= 4 is 19.1 Å². The molecule has 2 aromatic rings. The number of allylic oxidation sites excluding steroid dienone is 3. The van der Waals surface area contributed by atoms with Crippen LogP contribution in [0.5, 0.6) is 5.75 Å². The second kappa shape index (κ2) is 10.9. The molecule has 31 heavy (non-hydrogen) atoms. The van der Waals surface area contributed by atoms with Gasteiger partial charge in [-0.25, -0.2) is 0 Å². The number of hydrogen-bond donors (Lipinski definition) is 0. The quantitative estimate of drug-likeness (QED) is 0.568. The molecule has 2 aromatic carbocycles. The molecule has 2 atom stereocenters. The van der Waals surface area contributed by atoms with E-state index in [0.29, 0.717) is 28.7 Å². The molecule has 0 saturated carbocycles. The van der Waals surface area contributed by atoms with Crippen LogP contribution in [0.25, 0.3) is 6.08 Å². The largest absolute Gasteiger partial charge is 0.630 e. The van der Waals surface area contributed by atoms with E-state index in [4.69, 9.17) is 18.9 Å². The van der Waals surface area contributed by atoms with E-state index in [0.717, 1.165) is 16.9 Å². The second-order valence-corrected chi connectivity index (χ2v) is 8.42. The highest BCUT2D eigenvalue weighted by Gasteiger charge is 2.35. The Bertz CT molecular complexity index is 1000. The van der Waals surface area contributed by atoms with Gasteiger partial charge in [0.2, 0.25) is 11.5 Å². The lowest BCUT2D eigenvalue weighted by Crippen LogP contribution is -2.24. The van der Waals surface area contributed by atoms with Crippen LogP contribution in [0, 0.1) is 5.92 Å². The van der Waals surface area contributed by atoms with Crippen LogP contribution >= 0.6 is 7.77 Å². The maximum Gasteiger partial charge on any atom is 0.211 e. The number of benzene rings is 2. The van der Waals surface area contributed by atoms with Crippen LogP contribution in [0.1, 0.15) is 11.1 Å². The van der Waals surface area contributed by atoms with Crippen LogP contribution in [0.2, 0.25) is 0 Å². The third-order valence-electron chi connectivity index (χ3n) is 4.99. The van der Waals surface area contributed by atoms with Gasteiger partial charge in [-0.1, -0.05) is 54.6 Å². The number of hydrogen-bond acceptors (Lipinski definition) is 5. The Morgan fingerprint density at radius 1 is 0.839 bits per heavy atom. The van der Waals surface area contributed by atoms with Crippen molar-refractivity contribution in [2.24, 2.45) is 5.92 Å². The fraction of sp³-hybridized carbons (Fsp3) is 0.240. The molecule has 0 fully saturated rings. The van der Waals surface area contributed by atoms with E-state index in [1.54, 1.807) is 28.4 Å². The predicted molar refractivity (Wildman–Crippen MR) is 124 cm³/mol. The van der Waals surface area contributed by atoms with E-state index < -0.39 is 7.77 Å². The van der Waals surface area contributed by atoms with Gasteiger partial charge in [-0.05, 0) is 29.3 Å². The van der Waals surface area contributed by atoms with Crippen molar-refractivity contribution in [3.8, 4) is 5.75 Å². The fourth-order valence-electron chi connectivity index (χ4n) is 3.44. The summed E-state index contributed by atoms with van der Waals surface area (Å²) in [7, 11) is 4.56. The lowest BCUT2D eigenvalue weighted by molar-refractivity contribution is -0.153. The third-order valence-corrected chi connectivity index (χ3v) is 6.68. The summed E-state index contributed by atoms with van der Waals surface area (Å²) in [6.07, 6.45) is 6.32. The Morgan fingerprint density at radius 3 is 2.10 bits per heavy atom. The van der Waals surface area contributed by atoms with Crippen molar-refractivity contribution in [1.29, 1.82) is 0 Å². The highest BCUT2D eigenvalue weighted by Crippen LogP contribution is 2.37. The molecule has 0 N–H and O–H groups in total. The maximum absolute atomic E-state index is 13.5. The summed E-state index contributed by atoms with van der Waals surface area (Å²) in [5.74, 6) is 1.99. The third kappa shape index (κ3) is 5.38. The summed E-state index contributed by atoms with van der Waals surface area (Å²) in [6.45, 7) is 0. The number of rotatable bonds is 8. The van der Waals surface area contributed by atoms with Crippen LogP contribution in [0.15, 0.2) is 84.0 Å². The first-order valence-corrected chi connectivity index (χ1v) is 11.3. The molecule has 0 spiro atoms. The fourth-order valence-corrected chi connectivity index (χ4v) is 5.06. The van der Waals surface area contributed by atoms with Gasteiger partial charge < -0.3 is 23.8 Å². The molecule has 0 saturated heterocycles. The summed E-state index contributed by atoms with van der Waals surface area (Å²) in [6, 6.07) is 17.5. The topological polar surface area (TPSA) is 60.0 Å². The molecule has 162 valence electrons. The Hall–Kier alpha value is -3.01. The van der Waals surface area contributed by atoms with Crippen molar-refractivity contribution in [2.45, 2.75) is 6.16 Å². The second-order valence-electron chi connectivity index (χ2n) is 6.87. The van der Waals surface area contributed by atoms with Gasteiger partial charge in [-0.3, -0.25) is 0 Å². The summed E-state index contributed by atoms with van der Waals surface area (Å²) in [5.41, 5.74) is 2.01. The van der Waals surface area contributed by atoms with Crippen LogP contribution in [0.3, 0.4) is 0 Å². The monoisotopic (exact) mass is 438 g/mol. The van der Waals surface area contributed by atoms with Gasteiger partial charge in [0, 0.05) is 0 Å². The first kappa shape index (κ1) is 22.7. The van der Waals surface area contributed by atoms with E-state index in [-0.39, 0.29) is 5.92 Å². The highest BCUT2D eigenvalue weighted by molar-refractivity contribution is 7.51. The van der Waals surface area contributed by atoms with Crippen LogP contribution in [-0.4, -0.2) is 33.7 Å². The first-order valence-electron chi connectivity index (χ1n) is 9.87. The first-order chi connectivity index (χ1) is 15.1. The summed E-state index contributed by atoms with van der Waals surface area (Å²) >= 11 is 0. The smallest absolute Gasteiger partial charge is 0.211 e. The Balaban J connectivity index is 2.04. The molecular formula is C25H27O5P. The average Bonchev–Trinajstić information content (AvgIpc) is 2.82. The maximum atomic E-state index is 13.5. The van der Waals surface area contributed by atoms with Crippen LogP contribution < -0.4 is 9.63 Å². The van der Waals surface area contributed by atoms with Gasteiger partial charge in [0.15, 0.2) is 11.1 Å². The van der Waals surface area contributed by atoms with Crippen molar-refractivity contribution in [3.05, 3.63) is 95.2 Å². The number of methoxy groups -OCH3 is 4. The van der Waals surface area contributed by atoms with Crippen molar-refractivity contribution in [1.82, 2.24) is 0 Å². The summed E-state index contributed by atoms with van der Waals surface area (Å²) in [5, 5.41) is 0.684. The van der Waals surface area contributed by atoms with Crippen molar-refractivity contribution in [2.75, 3.05) is 28.4 Å². The van der Waals surface area contributed by atoms with Gasteiger partial charge in [0.1, 0.15) is 11.9 Å². The average molecular weight is 438 g/mol. The van der Waals surface area contributed by atoms with Gasteiger partial charge in [0.05, 0.1) is 42.1 Å². The SMILES string of the molecule is COC1=CC(C=Cc2ccc(OC)cc2)/C(=[P+](/[O-])Cc2ccccc2)C(OC)=C1OC. The molecule has 0 heterocycles. The van der Waals surface area contributed by atoms with E-state index in [9.17, 15) is 4.89 Å². The van der Waals surface area contributed by atoms with Gasteiger partial charge in [-0.15, -0.1) is 0 Å². The summed E-state index contributed by atoms with van der Waals surface area (Å²) in [4.78, 5) is 13.5. The van der Waals surface area contributed by atoms with Gasteiger partial charge in [0.25, 0.3) is 0 Å². The van der Waals surface area contributed by atoms with E-state index in [2.05, 4.69) is 0 Å². The highest BCUT2D eigenvalue weighted by atomic mass is 31.1. The Labute approximate surface area is 184 Å². The molecule has 0 aromatic heterocycles. The molecule has 0 bridgehead atoms. The normalized spacial score (nSPS) is 18.0. The molecule has 5 nitrogen and oxygen atoms in total. The minimum atomic E-state index is -1.77. The molecule has 2 unspecified atom stereocenters. The minimum absolute atomic E-state index is 0.266. The molecular weight excluding hydrogens is 411 g/mol. The van der Waals surface area contributed by atoms with Crippen molar-refractivity contribution < 1.29 is 23.8 Å². The zero-order valence-corrected chi connectivity index (χ0v) is 19.1. The lowest BCUT2D eigenvalue weighted by Gasteiger charge is -2.24. The molecule has 0 aliphatic heterocycles. The zero-order chi connectivity index (χ0) is 22.2. The molecule has 6 heteroatoms. The van der Waals surface area contributed by atoms with Gasteiger partial charge in [-0.2, -0.15) is 0 Å². The van der Waals surface area contributed by atoms with E-state index in [1.807, 2.05) is 72.8 Å². The minimum Gasteiger partial charge on any atom is -0.630 e. The Morgan fingerprint density at radius 2 is 1.52 bits per heavy atom. The Kier molecular flexibility index (Phi) is 7.94. The van der Waals surface area contributed by atoms with E-state index in [1.165, 1.54) is 0 Å². The molecule has 0 radical (unpaired) electrons. The summed E-state index contributed by atoms with van der Waals surface area (Å²) < 4.78 is 22.0. The van der Waals surface area contributed by atoms with Crippen LogP contribution in [0.4, 0.5) is 0 Å². The predicted octanol–water partition coefficient (Wildman–Crippen LogP) is 4.50. The molecule has 1 aliphatic carbocycles. The molecule has 1 aliphatic rings. The lowest BCUT2D eigenvalue weighted by atomic mass is 9.95. The van der Waals surface area contributed by atoms with Gasteiger partial charge >= 0.3 is 0 Å². The molecule has 0 amide bonds. The standard InChI is InChI=1S/C25H27O5P/c1-27-21-14-11-18(12-15-21)10-13-20-16-22(28-2)23(29-3)24(30-4)25(20)31(26)17-19-8-6-5-7-9-19/h5-16,20H,17H2,1-4H3. The van der Waals surface area contributed by atoms with E-state index >= 15 is 0 Å². The molecule has 3 rings (SSSR count). The van der Waals surface area contributed by atoms with Crippen LogP contribution in [-0.2, 0) is 20.4 Å². The van der Waals surface area contributed by atoms with Crippen molar-refractivity contribution in [3.63, 3.8) is 0 Å². The zero-order valence-electron chi connectivity index (χ0n) is 18.2. The number of ether oxygens (including phenoxy) is 4.